The van der Waals surface area contributed by atoms with Gasteiger partial charge in [-0.3, -0.25) is 4.79 Å². The first-order valence-electron chi connectivity index (χ1n) is 9.56. The highest BCUT2D eigenvalue weighted by atomic mass is 16.5. The van der Waals surface area contributed by atoms with E-state index < -0.39 is 0 Å². The van der Waals surface area contributed by atoms with E-state index in [1.54, 1.807) is 25.6 Å². The highest BCUT2D eigenvalue weighted by Gasteiger charge is 2.26. The van der Waals surface area contributed by atoms with Crippen LogP contribution in [0.15, 0.2) is 48.8 Å². The van der Waals surface area contributed by atoms with Crippen LogP contribution in [0.4, 0.5) is 5.95 Å². The number of ether oxygens (including phenoxy) is 2. The van der Waals surface area contributed by atoms with E-state index in [1.165, 1.54) is 0 Å². The number of hydrogen-bond acceptors (Lipinski definition) is 7. The first-order chi connectivity index (χ1) is 14.3. The molecule has 1 N–H and O–H groups in total. The Morgan fingerprint density at radius 2 is 2.10 bits per heavy atom. The van der Waals surface area contributed by atoms with Crippen LogP contribution < -0.4 is 10.2 Å². The van der Waals surface area contributed by atoms with E-state index in [1.807, 2.05) is 30.3 Å². The average molecular weight is 393 g/mol. The number of hydrogen-bond donors (Lipinski definition) is 1. The average Bonchev–Trinajstić information content (AvgIpc) is 2.79. The van der Waals surface area contributed by atoms with E-state index in [0.29, 0.717) is 44.4 Å². The molecule has 0 aliphatic carbocycles. The third kappa shape index (κ3) is 4.33. The van der Waals surface area contributed by atoms with E-state index in [-0.39, 0.29) is 12.0 Å². The number of rotatable bonds is 6. The summed E-state index contributed by atoms with van der Waals surface area (Å²) >= 11 is 0. The normalized spacial score (nSPS) is 16.7. The van der Waals surface area contributed by atoms with Crippen molar-refractivity contribution in [2.45, 2.75) is 6.10 Å². The summed E-state index contributed by atoms with van der Waals surface area (Å²) in [4.78, 5) is 28.3. The third-order valence-electron chi connectivity index (χ3n) is 4.80. The number of carbonyl (C=O) groups is 1. The number of morpholine rings is 1. The molecule has 8 nitrogen and oxygen atoms in total. The SMILES string of the molecule is COCCNC(=O)c1cc([C@@H]2CN(c3ncccn3)CCO2)nc2ccccc12. The van der Waals surface area contributed by atoms with Crippen LogP contribution in [0.1, 0.15) is 22.2 Å². The number of benzene rings is 1. The molecule has 1 fully saturated rings. The molecule has 1 atom stereocenters. The molecule has 4 rings (SSSR count). The number of amides is 1. The zero-order valence-electron chi connectivity index (χ0n) is 16.2. The highest BCUT2D eigenvalue weighted by Crippen LogP contribution is 2.27. The van der Waals surface area contributed by atoms with Gasteiger partial charge >= 0.3 is 0 Å². The van der Waals surface area contributed by atoms with Gasteiger partial charge in [-0.2, -0.15) is 0 Å². The topological polar surface area (TPSA) is 89.5 Å². The van der Waals surface area contributed by atoms with Crippen molar-refractivity contribution in [3.8, 4) is 0 Å². The van der Waals surface area contributed by atoms with E-state index in [4.69, 9.17) is 14.5 Å². The van der Waals surface area contributed by atoms with Crippen LogP contribution in [0.25, 0.3) is 10.9 Å². The monoisotopic (exact) mass is 393 g/mol. The Bertz CT molecular complexity index is 982. The molecule has 0 spiro atoms. The maximum absolute atomic E-state index is 12.8. The van der Waals surface area contributed by atoms with Gasteiger partial charge in [-0.1, -0.05) is 18.2 Å². The Labute approximate surface area is 168 Å². The predicted molar refractivity (Wildman–Crippen MR) is 109 cm³/mol. The van der Waals surface area contributed by atoms with E-state index in [2.05, 4.69) is 20.2 Å². The second kappa shape index (κ2) is 8.93. The van der Waals surface area contributed by atoms with Gasteiger partial charge in [-0.05, 0) is 18.2 Å². The van der Waals surface area contributed by atoms with Crippen LogP contribution in [0.3, 0.4) is 0 Å². The Hall–Kier alpha value is -3.10. The van der Waals surface area contributed by atoms with Crippen LogP contribution in [0, 0.1) is 0 Å². The molecule has 1 saturated heterocycles. The summed E-state index contributed by atoms with van der Waals surface area (Å²) in [5.41, 5.74) is 2.07. The van der Waals surface area contributed by atoms with Crippen LogP contribution in [0.5, 0.6) is 0 Å². The number of pyridine rings is 1. The zero-order chi connectivity index (χ0) is 20.1. The molecule has 0 unspecified atom stereocenters. The number of nitrogens with zero attached hydrogens (tertiary/aromatic N) is 4. The number of methoxy groups -OCH3 is 1. The quantitative estimate of drug-likeness (QED) is 0.641. The fourth-order valence-electron chi connectivity index (χ4n) is 3.37. The van der Waals surface area contributed by atoms with Crippen molar-refractivity contribution in [2.75, 3.05) is 44.9 Å². The molecule has 0 bridgehead atoms. The van der Waals surface area contributed by atoms with Crippen molar-refractivity contribution >= 4 is 22.8 Å². The molecule has 0 radical (unpaired) electrons. The number of fused-ring (bicyclic) bond motifs is 1. The van der Waals surface area contributed by atoms with E-state index in [9.17, 15) is 4.79 Å². The summed E-state index contributed by atoms with van der Waals surface area (Å²) < 4.78 is 11.0. The molecule has 3 heterocycles. The lowest BCUT2D eigenvalue weighted by Gasteiger charge is -2.32. The van der Waals surface area contributed by atoms with Crippen molar-refractivity contribution in [3.05, 3.63) is 60.0 Å². The van der Waals surface area contributed by atoms with Gasteiger partial charge in [0.05, 0.1) is 36.5 Å². The molecule has 8 heteroatoms. The molecule has 1 aliphatic rings. The number of aromatic nitrogens is 3. The Morgan fingerprint density at radius 3 is 2.93 bits per heavy atom. The van der Waals surface area contributed by atoms with Gasteiger partial charge in [-0.25, -0.2) is 15.0 Å². The first-order valence-corrected chi connectivity index (χ1v) is 9.56. The molecule has 1 aromatic carbocycles. The van der Waals surface area contributed by atoms with Crippen LogP contribution in [-0.4, -0.2) is 60.8 Å². The van der Waals surface area contributed by atoms with Crippen LogP contribution >= 0.6 is 0 Å². The van der Waals surface area contributed by atoms with Crippen molar-refractivity contribution in [3.63, 3.8) is 0 Å². The minimum absolute atomic E-state index is 0.152. The molecular weight excluding hydrogens is 370 g/mol. The molecule has 3 aromatic rings. The molecule has 29 heavy (non-hydrogen) atoms. The van der Waals surface area contributed by atoms with Gasteiger partial charge < -0.3 is 19.7 Å². The number of nitrogens with one attached hydrogen (secondary N) is 1. The van der Waals surface area contributed by atoms with Gasteiger partial charge in [-0.15, -0.1) is 0 Å². The fourth-order valence-corrected chi connectivity index (χ4v) is 3.37. The van der Waals surface area contributed by atoms with Crippen LogP contribution in [-0.2, 0) is 9.47 Å². The number of para-hydroxylation sites is 1. The number of carbonyl (C=O) groups excluding carboxylic acids is 1. The maximum atomic E-state index is 12.8. The van der Waals surface area contributed by atoms with Crippen molar-refractivity contribution in [1.82, 2.24) is 20.3 Å². The van der Waals surface area contributed by atoms with E-state index >= 15 is 0 Å². The summed E-state index contributed by atoms with van der Waals surface area (Å²) in [6, 6.07) is 11.2. The maximum Gasteiger partial charge on any atom is 0.252 e. The standard InChI is InChI=1S/C21H23N5O3/c1-28-11-9-22-20(27)16-13-18(25-17-6-3-2-5-15(16)17)19-14-26(10-12-29-19)21-23-7-4-8-24-21/h2-8,13,19H,9-12,14H2,1H3,(H,22,27)/t19-/m0/s1. The summed E-state index contributed by atoms with van der Waals surface area (Å²) in [5.74, 6) is 0.514. The Kier molecular flexibility index (Phi) is 5.92. The molecule has 1 aliphatic heterocycles. The summed E-state index contributed by atoms with van der Waals surface area (Å²) in [7, 11) is 1.61. The summed E-state index contributed by atoms with van der Waals surface area (Å²) in [6.07, 6.45) is 3.18. The van der Waals surface area contributed by atoms with Crippen molar-refractivity contribution in [2.24, 2.45) is 0 Å². The molecule has 0 saturated carbocycles. The minimum atomic E-state index is -0.275. The van der Waals surface area contributed by atoms with Crippen molar-refractivity contribution in [1.29, 1.82) is 0 Å². The van der Waals surface area contributed by atoms with Gasteiger partial charge in [0.2, 0.25) is 5.95 Å². The summed E-state index contributed by atoms with van der Waals surface area (Å²) in [5, 5.41) is 3.70. The third-order valence-corrected chi connectivity index (χ3v) is 4.80. The van der Waals surface area contributed by atoms with Gasteiger partial charge in [0, 0.05) is 38.0 Å². The molecular formula is C21H23N5O3. The van der Waals surface area contributed by atoms with Gasteiger partial charge in [0.25, 0.3) is 5.91 Å². The van der Waals surface area contributed by atoms with Gasteiger partial charge in [0.1, 0.15) is 6.10 Å². The molecule has 150 valence electrons. The largest absolute Gasteiger partial charge is 0.383 e. The Morgan fingerprint density at radius 1 is 1.28 bits per heavy atom. The van der Waals surface area contributed by atoms with Crippen molar-refractivity contribution < 1.29 is 14.3 Å². The second-order valence-electron chi connectivity index (χ2n) is 6.71. The molecule has 1 amide bonds. The lowest BCUT2D eigenvalue weighted by molar-refractivity contribution is 0.0366. The fraction of sp³-hybridized carbons (Fsp3) is 0.333. The zero-order valence-corrected chi connectivity index (χ0v) is 16.2. The predicted octanol–water partition coefficient (Wildman–Crippen LogP) is 1.98. The highest BCUT2D eigenvalue weighted by molar-refractivity contribution is 6.06. The first kappa shape index (κ1) is 19.2. The minimum Gasteiger partial charge on any atom is -0.383 e. The smallest absolute Gasteiger partial charge is 0.252 e. The van der Waals surface area contributed by atoms with Gasteiger partial charge in [0.15, 0.2) is 0 Å². The lowest BCUT2D eigenvalue weighted by atomic mass is 10.0. The summed E-state index contributed by atoms with van der Waals surface area (Å²) in [6.45, 7) is 2.71. The van der Waals surface area contributed by atoms with Crippen LogP contribution in [0.2, 0.25) is 0 Å². The second-order valence-corrected chi connectivity index (χ2v) is 6.71. The lowest BCUT2D eigenvalue weighted by Crippen LogP contribution is -2.39. The Balaban J connectivity index is 1.64. The molecule has 2 aromatic heterocycles. The van der Waals surface area contributed by atoms with E-state index in [0.717, 1.165) is 16.6 Å². The number of anilines is 1.